The number of benzene rings is 4. The van der Waals surface area contributed by atoms with Crippen molar-refractivity contribution in [2.45, 2.75) is 179 Å². The zero-order valence-corrected chi connectivity index (χ0v) is 48.4. The minimum atomic E-state index is -0.643. The molecule has 10 rings (SSSR count). The number of ether oxygens (including phenoxy) is 2. The van der Waals surface area contributed by atoms with Crippen LogP contribution in [0.25, 0.3) is 0 Å². The smallest absolute Gasteiger partial charge is 0.410 e. The standard InChI is InChI=1S/C41H60N4O8.C21H24O4/c1-37(2,3)52-35(50)44-15-11-42(12-16-44)21-25-31-27(19-29(46)33(25)48)39(7,8)23-41(31)24-40(9,10)28-20-30(47)34(49)26(32(28)41)22-43-13-17-45(18-14-43)36(51)53-38(4,5)6;1-19(2)9-21(13-7-17(24)15(22)5-11(13)19)10-20(3,4)12-6-16(23)18(25)8-14(12)21/h19-20,46-49H,11-18,21-24H2,1-10H3;5-8,22-25H,9-10H2,1-4H3. The highest BCUT2D eigenvalue weighted by molar-refractivity contribution is 5.72. The van der Waals surface area contributed by atoms with Gasteiger partial charge in [-0.05, 0) is 170 Å². The Morgan fingerprint density at radius 2 is 0.679 bits per heavy atom. The molecule has 16 nitrogen and oxygen atoms in total. The summed E-state index contributed by atoms with van der Waals surface area (Å²) in [6, 6.07) is 10.1. The zero-order chi connectivity index (χ0) is 57.4. The van der Waals surface area contributed by atoms with Gasteiger partial charge in [-0.15, -0.1) is 0 Å². The van der Waals surface area contributed by atoms with Crippen molar-refractivity contribution in [2.75, 3.05) is 52.4 Å². The molecule has 0 atom stereocenters. The third-order valence-electron chi connectivity index (χ3n) is 17.7. The molecule has 2 aliphatic heterocycles. The van der Waals surface area contributed by atoms with Crippen LogP contribution in [-0.2, 0) is 55.1 Å². The maximum absolute atomic E-state index is 12.8. The van der Waals surface area contributed by atoms with Gasteiger partial charge in [-0.3, -0.25) is 9.80 Å². The molecule has 2 amide bonds. The molecule has 424 valence electrons. The third kappa shape index (κ3) is 9.76. The largest absolute Gasteiger partial charge is 0.504 e. The molecule has 78 heavy (non-hydrogen) atoms. The van der Waals surface area contributed by atoms with Crippen molar-refractivity contribution >= 4 is 12.2 Å². The van der Waals surface area contributed by atoms with E-state index >= 15 is 0 Å². The summed E-state index contributed by atoms with van der Waals surface area (Å²) in [5, 5.41) is 86.1. The number of fused-ring (bicyclic) bond motifs is 8. The lowest BCUT2D eigenvalue weighted by molar-refractivity contribution is 0.0129. The Kier molecular flexibility index (Phi) is 13.5. The van der Waals surface area contributed by atoms with Gasteiger partial charge in [-0.2, -0.15) is 0 Å². The van der Waals surface area contributed by atoms with Crippen LogP contribution in [0.2, 0.25) is 0 Å². The number of hydrogen-bond acceptors (Lipinski definition) is 14. The molecule has 4 aliphatic carbocycles. The summed E-state index contributed by atoms with van der Waals surface area (Å²) in [5.41, 5.74) is 5.92. The van der Waals surface area contributed by atoms with Crippen molar-refractivity contribution in [3.8, 4) is 46.0 Å². The molecule has 0 bridgehead atoms. The average Bonchev–Trinajstić information content (AvgIpc) is 3.87. The second kappa shape index (κ2) is 18.7. The fourth-order valence-corrected chi connectivity index (χ4v) is 14.8. The Morgan fingerprint density at radius 3 is 0.987 bits per heavy atom. The van der Waals surface area contributed by atoms with Crippen molar-refractivity contribution in [1.29, 1.82) is 0 Å². The Bertz CT molecular complexity index is 2870. The van der Waals surface area contributed by atoms with Crippen LogP contribution in [-0.4, -0.2) is 136 Å². The first-order chi connectivity index (χ1) is 35.9. The normalized spacial score (nSPS) is 21.2. The second-order valence-corrected chi connectivity index (χ2v) is 28.0. The number of phenolic OH excluding ortho intramolecular Hbond substituents is 8. The molecule has 0 saturated carbocycles. The number of carbonyl (C=O) groups is 2. The number of amides is 2. The summed E-state index contributed by atoms with van der Waals surface area (Å²) < 4.78 is 11.2. The lowest BCUT2D eigenvalue weighted by atomic mass is 9.70. The molecule has 2 spiro atoms. The van der Waals surface area contributed by atoms with Crippen LogP contribution in [0, 0.1) is 0 Å². The van der Waals surface area contributed by atoms with Gasteiger partial charge in [0.2, 0.25) is 0 Å². The molecular formula is C62H84N4O12. The highest BCUT2D eigenvalue weighted by Crippen LogP contribution is 2.68. The van der Waals surface area contributed by atoms with Crippen LogP contribution in [0.4, 0.5) is 9.59 Å². The molecule has 0 aromatic heterocycles. The lowest BCUT2D eigenvalue weighted by Crippen LogP contribution is -2.49. The predicted molar refractivity (Wildman–Crippen MR) is 297 cm³/mol. The molecule has 4 aromatic carbocycles. The number of nitrogens with zero attached hydrogens (tertiary/aromatic N) is 4. The van der Waals surface area contributed by atoms with Crippen molar-refractivity contribution in [1.82, 2.24) is 19.6 Å². The van der Waals surface area contributed by atoms with Gasteiger partial charge in [-0.25, -0.2) is 9.59 Å². The number of rotatable bonds is 4. The van der Waals surface area contributed by atoms with E-state index in [1.165, 1.54) is 0 Å². The van der Waals surface area contributed by atoms with Gasteiger partial charge in [0.1, 0.15) is 11.2 Å². The molecule has 8 N–H and O–H groups in total. The minimum Gasteiger partial charge on any atom is -0.504 e. The Morgan fingerprint density at radius 1 is 0.410 bits per heavy atom. The summed E-state index contributed by atoms with van der Waals surface area (Å²) in [4.78, 5) is 33.5. The van der Waals surface area contributed by atoms with Crippen molar-refractivity contribution in [2.24, 2.45) is 0 Å². The van der Waals surface area contributed by atoms with Crippen LogP contribution < -0.4 is 0 Å². The van der Waals surface area contributed by atoms with Gasteiger partial charge in [0, 0.05) is 87.4 Å². The summed E-state index contributed by atoms with van der Waals surface area (Å²) in [7, 11) is 0. The van der Waals surface area contributed by atoms with E-state index in [1.807, 2.05) is 41.5 Å². The fourth-order valence-electron chi connectivity index (χ4n) is 14.8. The monoisotopic (exact) mass is 1080 g/mol. The molecule has 2 fully saturated rings. The molecule has 6 aliphatic rings. The lowest BCUT2D eigenvalue weighted by Gasteiger charge is -2.38. The van der Waals surface area contributed by atoms with E-state index in [0.717, 1.165) is 57.3 Å². The minimum absolute atomic E-state index is 0.102. The van der Waals surface area contributed by atoms with Crippen molar-refractivity contribution < 1.29 is 59.9 Å². The van der Waals surface area contributed by atoms with E-state index in [1.54, 1.807) is 46.2 Å². The Balaban J connectivity index is 0.000000245. The van der Waals surface area contributed by atoms with Crippen molar-refractivity contribution in [3.05, 3.63) is 92.0 Å². The van der Waals surface area contributed by atoms with E-state index < -0.39 is 27.4 Å². The van der Waals surface area contributed by atoms with Gasteiger partial charge in [-0.1, -0.05) is 55.4 Å². The van der Waals surface area contributed by atoms with Gasteiger partial charge < -0.3 is 60.1 Å². The number of aromatic hydroxyl groups is 8. The first-order valence-electron chi connectivity index (χ1n) is 27.6. The number of hydrogen-bond donors (Lipinski definition) is 8. The van der Waals surface area contributed by atoms with Gasteiger partial charge in [0.05, 0.1) is 0 Å². The van der Waals surface area contributed by atoms with E-state index in [9.17, 15) is 50.4 Å². The van der Waals surface area contributed by atoms with Gasteiger partial charge >= 0.3 is 12.2 Å². The van der Waals surface area contributed by atoms with E-state index in [-0.39, 0.29) is 74.4 Å². The summed E-state index contributed by atoms with van der Waals surface area (Å²) in [5.74, 6) is -1.07. The third-order valence-corrected chi connectivity index (χ3v) is 17.7. The quantitative estimate of drug-likeness (QED) is 0.0890. The second-order valence-electron chi connectivity index (χ2n) is 28.0. The van der Waals surface area contributed by atoms with Gasteiger partial charge in [0.25, 0.3) is 0 Å². The molecule has 2 saturated heterocycles. The SMILES string of the molecule is CC(C)(C)OC(=O)N1CCN(Cc2c(O)c(O)cc3c2C2(CC3(C)C)CC(C)(C)c3cc(O)c(O)c(CN4CCN(C(=O)OC(C)(C)C)CC4)c32)CC1.CC1(C)CC2(CC(C)(C)c3cc(O)c(O)cc32)c2cc(O)c(O)cc21. The Labute approximate surface area is 459 Å². The van der Waals surface area contributed by atoms with E-state index in [4.69, 9.17) is 9.47 Å². The predicted octanol–water partition coefficient (Wildman–Crippen LogP) is 10.4. The maximum atomic E-state index is 12.8. The molecule has 0 radical (unpaired) electrons. The molecule has 2 heterocycles. The maximum Gasteiger partial charge on any atom is 0.410 e. The Hall–Kier alpha value is -6.26. The topological polar surface area (TPSA) is 227 Å². The van der Waals surface area contributed by atoms with Crippen molar-refractivity contribution in [3.63, 3.8) is 0 Å². The molecule has 0 unspecified atom stereocenters. The summed E-state index contributed by atoms with van der Waals surface area (Å²) >= 11 is 0. The van der Waals surface area contributed by atoms with Crippen LogP contribution in [0.1, 0.15) is 178 Å². The summed E-state index contributed by atoms with van der Waals surface area (Å²) in [6.07, 6.45) is 2.31. The fraction of sp³-hybridized carbons (Fsp3) is 0.581. The van der Waals surface area contributed by atoms with Crippen LogP contribution in [0.5, 0.6) is 46.0 Å². The van der Waals surface area contributed by atoms with Crippen LogP contribution in [0.15, 0.2) is 36.4 Å². The van der Waals surface area contributed by atoms with Crippen LogP contribution in [0.3, 0.4) is 0 Å². The highest BCUT2D eigenvalue weighted by Gasteiger charge is 2.60. The number of carbonyl (C=O) groups excluding carboxylic acids is 2. The average molecular weight is 1080 g/mol. The van der Waals surface area contributed by atoms with Crippen LogP contribution >= 0.6 is 0 Å². The van der Waals surface area contributed by atoms with E-state index in [2.05, 4.69) is 65.2 Å². The zero-order valence-electron chi connectivity index (χ0n) is 48.4. The first-order valence-corrected chi connectivity index (χ1v) is 27.6. The summed E-state index contributed by atoms with van der Waals surface area (Å²) in [6.45, 7) is 33.2. The molecule has 16 heteroatoms. The van der Waals surface area contributed by atoms with E-state index in [0.29, 0.717) is 89.4 Å². The number of piperazine rings is 2. The highest BCUT2D eigenvalue weighted by atomic mass is 16.6. The first kappa shape index (κ1) is 56.5. The molecule has 4 aromatic rings. The molecular weight excluding hydrogens is 993 g/mol. The van der Waals surface area contributed by atoms with Gasteiger partial charge in [0.15, 0.2) is 46.0 Å². The number of phenols is 8.